The molecule has 2 rings (SSSR count). The van der Waals surface area contributed by atoms with Gasteiger partial charge in [0.05, 0.1) is 11.8 Å². The highest BCUT2D eigenvalue weighted by Crippen LogP contribution is 2.39. The molecule has 0 saturated heterocycles. The Kier molecular flexibility index (Phi) is 4.80. The first kappa shape index (κ1) is 17.1. The van der Waals surface area contributed by atoms with E-state index in [4.69, 9.17) is 4.42 Å². The second kappa shape index (κ2) is 6.46. The van der Waals surface area contributed by atoms with Gasteiger partial charge >= 0.3 is 0 Å². The zero-order valence-corrected chi connectivity index (χ0v) is 13.9. The Morgan fingerprint density at radius 1 is 1.13 bits per heavy atom. The second-order valence-corrected chi connectivity index (χ2v) is 6.36. The maximum Gasteiger partial charge on any atom is 0.218 e. The summed E-state index contributed by atoms with van der Waals surface area (Å²) in [7, 11) is 0. The summed E-state index contributed by atoms with van der Waals surface area (Å²) in [5.74, 6) is 0.681. The van der Waals surface area contributed by atoms with Gasteiger partial charge in [-0.05, 0) is 57.7 Å². The fraction of sp³-hybridized carbons (Fsp3) is 0.389. The molecule has 0 saturated carbocycles. The molecular weight excluding hydrogens is 294 g/mol. The monoisotopic (exact) mass is 317 g/mol. The minimum atomic E-state index is -0.857. The van der Waals surface area contributed by atoms with Crippen molar-refractivity contribution < 1.29 is 19.7 Å². The van der Waals surface area contributed by atoms with Crippen LogP contribution in [0.25, 0.3) is 12.2 Å². The molecule has 0 aliphatic heterocycles. The molecule has 124 valence electrons. The lowest BCUT2D eigenvalue weighted by Gasteiger charge is -2.20. The minimum Gasteiger partial charge on any atom is -0.507 e. The van der Waals surface area contributed by atoms with Crippen molar-refractivity contribution in [2.24, 2.45) is 0 Å². The highest BCUT2D eigenvalue weighted by atomic mass is 16.3. The minimum absolute atomic E-state index is 0.119. The molecule has 1 aromatic carbocycles. The third kappa shape index (κ3) is 3.93. The number of hydrogen-bond donors (Lipinski definition) is 3. The second-order valence-electron chi connectivity index (χ2n) is 6.36. The number of nitrogens with zero attached hydrogens (tertiary/aromatic N) is 1. The third-order valence-electron chi connectivity index (χ3n) is 3.97. The molecule has 1 heterocycles. The Hall–Kier alpha value is -2.27. The molecule has 5 nitrogen and oxygen atoms in total. The maximum absolute atomic E-state index is 10.5. The molecule has 0 amide bonds. The summed E-state index contributed by atoms with van der Waals surface area (Å²) >= 11 is 0. The molecule has 3 N–H and O–H groups in total. The van der Waals surface area contributed by atoms with Crippen LogP contribution >= 0.6 is 0 Å². The van der Waals surface area contributed by atoms with Gasteiger partial charge in [-0.25, -0.2) is 4.98 Å². The lowest BCUT2D eigenvalue weighted by molar-refractivity contribution is 0.0712. The van der Waals surface area contributed by atoms with Gasteiger partial charge in [-0.2, -0.15) is 0 Å². The van der Waals surface area contributed by atoms with Crippen LogP contribution in [-0.2, 0) is 6.42 Å². The van der Waals surface area contributed by atoms with Crippen LogP contribution in [0.3, 0.4) is 0 Å². The molecular formula is C18H23NO4. The maximum atomic E-state index is 10.5. The number of aromatic nitrogens is 1. The van der Waals surface area contributed by atoms with Crippen molar-refractivity contribution in [1.29, 1.82) is 0 Å². The topological polar surface area (TPSA) is 86.7 Å². The van der Waals surface area contributed by atoms with Crippen LogP contribution in [0.15, 0.2) is 16.9 Å². The summed E-state index contributed by atoms with van der Waals surface area (Å²) in [6.45, 7) is 6.95. The van der Waals surface area contributed by atoms with Gasteiger partial charge in [0.15, 0.2) is 0 Å². The van der Waals surface area contributed by atoms with Gasteiger partial charge in [0.2, 0.25) is 5.89 Å². The van der Waals surface area contributed by atoms with E-state index in [-0.39, 0.29) is 11.5 Å². The fourth-order valence-corrected chi connectivity index (χ4v) is 2.39. The number of phenols is 2. The quantitative estimate of drug-likeness (QED) is 0.734. The summed E-state index contributed by atoms with van der Waals surface area (Å²) in [6.07, 6.45) is 7.21. The smallest absolute Gasteiger partial charge is 0.218 e. The van der Waals surface area contributed by atoms with E-state index in [2.05, 4.69) is 4.98 Å². The number of hydrogen-bond acceptors (Lipinski definition) is 5. The number of aromatic hydroxyl groups is 2. The number of aliphatic hydroxyl groups is 1. The molecule has 23 heavy (non-hydrogen) atoms. The normalized spacial score (nSPS) is 12.2. The molecule has 0 fully saturated rings. The average Bonchev–Trinajstić information content (AvgIpc) is 2.98. The van der Waals surface area contributed by atoms with Gasteiger partial charge in [-0.3, -0.25) is 0 Å². The number of phenolic OH excluding ortho intramolecular Hbond substituents is 2. The van der Waals surface area contributed by atoms with E-state index >= 15 is 0 Å². The lowest BCUT2D eigenvalue weighted by atomic mass is 9.90. The molecule has 0 atom stereocenters. The molecule has 0 aliphatic carbocycles. The van der Waals surface area contributed by atoms with Crippen molar-refractivity contribution in [3.05, 3.63) is 40.6 Å². The van der Waals surface area contributed by atoms with Crippen molar-refractivity contribution in [3.63, 3.8) is 0 Å². The van der Waals surface area contributed by atoms with Crippen LogP contribution < -0.4 is 0 Å². The van der Waals surface area contributed by atoms with E-state index < -0.39 is 5.60 Å². The third-order valence-corrected chi connectivity index (χ3v) is 3.97. The molecule has 0 bridgehead atoms. The van der Waals surface area contributed by atoms with Gasteiger partial charge in [-0.1, -0.05) is 0 Å². The lowest BCUT2D eigenvalue weighted by Crippen LogP contribution is -2.19. The van der Waals surface area contributed by atoms with Crippen LogP contribution in [0.1, 0.15) is 48.4 Å². The molecule has 0 spiro atoms. The Bertz CT molecular complexity index is 710. The van der Waals surface area contributed by atoms with E-state index in [0.717, 1.165) is 0 Å². The first-order valence-corrected chi connectivity index (χ1v) is 7.54. The average molecular weight is 317 g/mol. The summed E-state index contributed by atoms with van der Waals surface area (Å²) in [6, 6.07) is 0. The van der Waals surface area contributed by atoms with E-state index in [1.54, 1.807) is 39.8 Å². The Labute approximate surface area is 135 Å². The van der Waals surface area contributed by atoms with Crippen LogP contribution in [0.4, 0.5) is 0 Å². The van der Waals surface area contributed by atoms with Crippen molar-refractivity contribution >= 4 is 12.2 Å². The molecule has 0 aliphatic rings. The fourth-order valence-electron chi connectivity index (χ4n) is 2.39. The molecule has 0 unspecified atom stereocenters. The first-order valence-electron chi connectivity index (χ1n) is 7.54. The molecule has 0 radical (unpaired) electrons. The summed E-state index contributed by atoms with van der Waals surface area (Å²) in [5, 5.41) is 30.9. The zero-order chi connectivity index (χ0) is 17.2. The highest BCUT2D eigenvalue weighted by molar-refractivity contribution is 5.76. The van der Waals surface area contributed by atoms with E-state index in [1.165, 1.54) is 12.5 Å². The molecule has 5 heteroatoms. The zero-order valence-electron chi connectivity index (χ0n) is 13.9. The van der Waals surface area contributed by atoms with Crippen LogP contribution in [-0.4, -0.2) is 25.9 Å². The summed E-state index contributed by atoms with van der Waals surface area (Å²) < 4.78 is 5.15. The van der Waals surface area contributed by atoms with Gasteiger partial charge in [0.1, 0.15) is 17.8 Å². The van der Waals surface area contributed by atoms with E-state index in [1.807, 2.05) is 0 Å². The van der Waals surface area contributed by atoms with Gasteiger partial charge in [0, 0.05) is 17.2 Å². The predicted molar refractivity (Wildman–Crippen MR) is 89.3 cm³/mol. The van der Waals surface area contributed by atoms with Crippen LogP contribution in [0.5, 0.6) is 11.5 Å². The van der Waals surface area contributed by atoms with Crippen molar-refractivity contribution in [3.8, 4) is 11.5 Å². The van der Waals surface area contributed by atoms with E-state index in [0.29, 0.717) is 41.0 Å². The van der Waals surface area contributed by atoms with Gasteiger partial charge < -0.3 is 19.7 Å². The Balaban J connectivity index is 2.49. The highest BCUT2D eigenvalue weighted by Gasteiger charge is 2.20. The van der Waals surface area contributed by atoms with Crippen molar-refractivity contribution in [1.82, 2.24) is 4.98 Å². The molecule has 1 aromatic heterocycles. The predicted octanol–water partition coefficient (Wildman–Crippen LogP) is 3.58. The Morgan fingerprint density at radius 3 is 2.35 bits per heavy atom. The standard InChI is InChI=1S/C18H23NO4/c1-11-12(2)17(21)14(7-8-18(3,4)22)13(16(11)20)5-6-15-19-9-10-23-15/h5-6,9-10,20-22H,7-8H2,1-4H3. The Morgan fingerprint density at radius 2 is 1.78 bits per heavy atom. The number of oxazole rings is 1. The first-order chi connectivity index (χ1) is 10.7. The van der Waals surface area contributed by atoms with Crippen LogP contribution in [0.2, 0.25) is 0 Å². The molecule has 2 aromatic rings. The summed E-state index contributed by atoms with van der Waals surface area (Å²) in [4.78, 5) is 4.00. The van der Waals surface area contributed by atoms with E-state index in [9.17, 15) is 15.3 Å². The number of benzene rings is 1. The van der Waals surface area contributed by atoms with Crippen molar-refractivity contribution in [2.45, 2.75) is 46.1 Å². The van der Waals surface area contributed by atoms with Gasteiger partial charge in [-0.15, -0.1) is 0 Å². The number of rotatable bonds is 5. The summed E-state index contributed by atoms with van der Waals surface area (Å²) in [5.41, 5.74) is 1.54. The van der Waals surface area contributed by atoms with Crippen molar-refractivity contribution in [2.75, 3.05) is 0 Å². The van der Waals surface area contributed by atoms with Gasteiger partial charge in [0.25, 0.3) is 0 Å². The SMILES string of the molecule is Cc1c(C)c(O)c(CCC(C)(C)O)c(C=Cc2ncco2)c1O. The largest absolute Gasteiger partial charge is 0.507 e. The van der Waals surface area contributed by atoms with Crippen LogP contribution in [0, 0.1) is 13.8 Å².